The molecule has 0 spiro atoms. The summed E-state index contributed by atoms with van der Waals surface area (Å²) < 4.78 is 0. The predicted octanol–water partition coefficient (Wildman–Crippen LogP) is 2.24. The molecule has 0 saturated carbocycles. The fourth-order valence-electron chi connectivity index (χ4n) is 1.64. The Bertz CT molecular complexity index is 510. The molecule has 0 radical (unpaired) electrons. The first kappa shape index (κ1) is 17.4. The molecule has 1 amide bonds. The van der Waals surface area contributed by atoms with Gasteiger partial charge in [0.25, 0.3) is 5.91 Å². The van der Waals surface area contributed by atoms with Crippen molar-refractivity contribution in [2.24, 2.45) is 5.10 Å². The van der Waals surface area contributed by atoms with E-state index in [0.717, 1.165) is 30.3 Å². The number of thioether (sulfide) groups is 1. The van der Waals surface area contributed by atoms with Crippen LogP contribution in [0.5, 0.6) is 0 Å². The van der Waals surface area contributed by atoms with Gasteiger partial charge in [-0.05, 0) is 34.6 Å². The molecule has 6 nitrogen and oxygen atoms in total. The number of hydrazone groups is 1. The summed E-state index contributed by atoms with van der Waals surface area (Å²) in [4.78, 5) is 22.7. The van der Waals surface area contributed by atoms with E-state index >= 15 is 0 Å². The Kier molecular flexibility index (Phi) is 7.14. The van der Waals surface area contributed by atoms with Crippen LogP contribution in [0, 0.1) is 6.92 Å². The molecule has 0 aromatic carbocycles. The molecule has 0 bridgehead atoms. The topological polar surface area (TPSA) is 70.5 Å². The lowest BCUT2D eigenvalue weighted by atomic mass is 10.4. The first-order valence-electron chi connectivity index (χ1n) is 6.99. The molecule has 7 heteroatoms. The lowest BCUT2D eigenvalue weighted by Gasteiger charge is -2.20. The normalized spacial score (nSPS) is 10.1. The molecule has 21 heavy (non-hydrogen) atoms. The number of rotatable bonds is 7. The maximum atomic E-state index is 11.6. The van der Waals surface area contributed by atoms with Crippen molar-refractivity contribution >= 4 is 29.2 Å². The van der Waals surface area contributed by atoms with Crippen LogP contribution in [0.15, 0.2) is 16.3 Å². The molecule has 1 aromatic rings. The molecule has 1 N–H and O–H groups in total. The molecule has 1 rings (SSSR count). The minimum Gasteiger partial charge on any atom is -0.357 e. The SMILES string of the molecule is CCN(CC)c1cc(C)nc(SCC(=O)NN=C(C)C)n1. The highest BCUT2D eigenvalue weighted by Gasteiger charge is 2.09. The van der Waals surface area contributed by atoms with Crippen molar-refractivity contribution in [1.82, 2.24) is 15.4 Å². The average molecular weight is 309 g/mol. The summed E-state index contributed by atoms with van der Waals surface area (Å²) in [6.45, 7) is 11.5. The third-order valence-electron chi connectivity index (χ3n) is 2.64. The predicted molar refractivity (Wildman–Crippen MR) is 88.0 cm³/mol. The monoisotopic (exact) mass is 309 g/mol. The van der Waals surface area contributed by atoms with Crippen LogP contribution >= 0.6 is 11.8 Å². The molecule has 1 aromatic heterocycles. The van der Waals surface area contributed by atoms with Gasteiger partial charge >= 0.3 is 0 Å². The second kappa shape index (κ2) is 8.61. The number of carbonyl (C=O) groups is 1. The summed E-state index contributed by atoms with van der Waals surface area (Å²) in [5.41, 5.74) is 4.20. The molecule has 0 fully saturated rings. The third-order valence-corrected chi connectivity index (χ3v) is 3.49. The van der Waals surface area contributed by atoms with Crippen molar-refractivity contribution in [2.75, 3.05) is 23.7 Å². The van der Waals surface area contributed by atoms with Crippen LogP contribution in [0.2, 0.25) is 0 Å². The van der Waals surface area contributed by atoms with E-state index in [0.29, 0.717) is 5.16 Å². The lowest BCUT2D eigenvalue weighted by molar-refractivity contribution is -0.118. The number of carbonyl (C=O) groups excluding carboxylic acids is 1. The Labute approximate surface area is 130 Å². The smallest absolute Gasteiger partial charge is 0.250 e. The second-order valence-corrected chi connectivity index (χ2v) is 5.65. The first-order valence-corrected chi connectivity index (χ1v) is 7.98. The first-order chi connectivity index (χ1) is 9.96. The number of aryl methyl sites for hydroxylation is 1. The quantitative estimate of drug-likeness (QED) is 0.362. The highest BCUT2D eigenvalue weighted by atomic mass is 32.2. The number of aromatic nitrogens is 2. The van der Waals surface area contributed by atoms with Gasteiger partial charge in [0.1, 0.15) is 5.82 Å². The summed E-state index contributed by atoms with van der Waals surface area (Å²) in [6.07, 6.45) is 0. The molecule has 0 unspecified atom stereocenters. The number of hydrogen-bond acceptors (Lipinski definition) is 6. The van der Waals surface area contributed by atoms with E-state index in [2.05, 4.69) is 39.2 Å². The van der Waals surface area contributed by atoms with Gasteiger partial charge in [-0.1, -0.05) is 11.8 Å². The van der Waals surface area contributed by atoms with Crippen LogP contribution in [-0.4, -0.2) is 40.4 Å². The van der Waals surface area contributed by atoms with Gasteiger partial charge in [0.15, 0.2) is 5.16 Å². The second-order valence-electron chi connectivity index (χ2n) is 4.71. The standard InChI is InChI=1S/C14H23N5OS/c1-6-19(7-2)12-8-11(5)15-14(16-12)21-9-13(20)18-17-10(3)4/h8H,6-7,9H2,1-5H3,(H,18,20). The highest BCUT2D eigenvalue weighted by molar-refractivity contribution is 7.99. The van der Waals surface area contributed by atoms with Crippen LogP contribution in [0.1, 0.15) is 33.4 Å². The van der Waals surface area contributed by atoms with Crippen molar-refractivity contribution in [3.8, 4) is 0 Å². The van der Waals surface area contributed by atoms with Crippen LogP contribution in [0.3, 0.4) is 0 Å². The van der Waals surface area contributed by atoms with E-state index in [1.54, 1.807) is 0 Å². The van der Waals surface area contributed by atoms with Gasteiger partial charge in [0.05, 0.1) is 5.75 Å². The van der Waals surface area contributed by atoms with Gasteiger partial charge in [-0.3, -0.25) is 4.79 Å². The Morgan fingerprint density at radius 2 is 2.00 bits per heavy atom. The van der Waals surface area contributed by atoms with Crippen LogP contribution < -0.4 is 10.3 Å². The fourth-order valence-corrected chi connectivity index (χ4v) is 2.33. The Morgan fingerprint density at radius 1 is 1.33 bits per heavy atom. The van der Waals surface area contributed by atoms with Gasteiger partial charge in [-0.15, -0.1) is 0 Å². The number of hydrogen-bond donors (Lipinski definition) is 1. The van der Waals surface area contributed by atoms with Crippen LogP contribution in [0.25, 0.3) is 0 Å². The van der Waals surface area contributed by atoms with E-state index < -0.39 is 0 Å². The number of nitrogens with zero attached hydrogens (tertiary/aromatic N) is 4. The van der Waals surface area contributed by atoms with Gasteiger partial charge in [-0.2, -0.15) is 5.10 Å². The van der Waals surface area contributed by atoms with Gasteiger partial charge in [0.2, 0.25) is 0 Å². The number of amides is 1. The summed E-state index contributed by atoms with van der Waals surface area (Å²) >= 11 is 1.32. The van der Waals surface area contributed by atoms with Crippen molar-refractivity contribution in [3.63, 3.8) is 0 Å². The number of anilines is 1. The molecular formula is C14H23N5OS. The molecule has 0 saturated heterocycles. The average Bonchev–Trinajstić information content (AvgIpc) is 2.43. The minimum atomic E-state index is -0.157. The van der Waals surface area contributed by atoms with Crippen LogP contribution in [0.4, 0.5) is 5.82 Å². The Hall–Kier alpha value is -1.63. The van der Waals surface area contributed by atoms with Crippen molar-refractivity contribution < 1.29 is 4.79 Å². The molecule has 116 valence electrons. The van der Waals surface area contributed by atoms with E-state index in [1.165, 1.54) is 11.8 Å². The van der Waals surface area contributed by atoms with E-state index in [9.17, 15) is 4.79 Å². The zero-order chi connectivity index (χ0) is 15.8. The maximum absolute atomic E-state index is 11.6. The van der Waals surface area contributed by atoms with Crippen molar-refractivity contribution in [1.29, 1.82) is 0 Å². The Morgan fingerprint density at radius 3 is 2.57 bits per heavy atom. The summed E-state index contributed by atoms with van der Waals surface area (Å²) in [5, 5.41) is 4.50. The van der Waals surface area contributed by atoms with E-state index in [1.807, 2.05) is 26.8 Å². The van der Waals surface area contributed by atoms with E-state index in [4.69, 9.17) is 0 Å². The number of nitrogens with one attached hydrogen (secondary N) is 1. The zero-order valence-corrected chi connectivity index (χ0v) is 14.1. The maximum Gasteiger partial charge on any atom is 0.250 e. The fraction of sp³-hybridized carbons (Fsp3) is 0.571. The van der Waals surface area contributed by atoms with Gasteiger partial charge in [-0.25, -0.2) is 15.4 Å². The van der Waals surface area contributed by atoms with Crippen molar-refractivity contribution in [2.45, 2.75) is 39.8 Å². The summed E-state index contributed by atoms with van der Waals surface area (Å²) in [6, 6.07) is 1.96. The summed E-state index contributed by atoms with van der Waals surface area (Å²) in [5.74, 6) is 0.992. The highest BCUT2D eigenvalue weighted by Crippen LogP contribution is 2.18. The molecule has 1 heterocycles. The van der Waals surface area contributed by atoms with Crippen LogP contribution in [-0.2, 0) is 4.79 Å². The molecular weight excluding hydrogens is 286 g/mol. The third kappa shape index (κ3) is 6.12. The largest absolute Gasteiger partial charge is 0.357 e. The zero-order valence-electron chi connectivity index (χ0n) is 13.3. The molecule has 0 aliphatic carbocycles. The molecule has 0 atom stereocenters. The Balaban J connectivity index is 2.71. The summed E-state index contributed by atoms with van der Waals surface area (Å²) in [7, 11) is 0. The molecule has 0 aliphatic heterocycles. The lowest BCUT2D eigenvalue weighted by Crippen LogP contribution is -2.23. The molecule has 0 aliphatic rings. The van der Waals surface area contributed by atoms with Gasteiger partial charge in [0, 0.05) is 30.6 Å². The van der Waals surface area contributed by atoms with E-state index in [-0.39, 0.29) is 11.7 Å². The van der Waals surface area contributed by atoms with Gasteiger partial charge < -0.3 is 4.90 Å². The van der Waals surface area contributed by atoms with Crippen molar-refractivity contribution in [3.05, 3.63) is 11.8 Å². The minimum absolute atomic E-state index is 0.157.